The van der Waals surface area contributed by atoms with Gasteiger partial charge in [-0.1, -0.05) is 11.6 Å². The van der Waals surface area contributed by atoms with Crippen LogP contribution in [-0.2, 0) is 6.42 Å². The van der Waals surface area contributed by atoms with E-state index in [9.17, 15) is 0 Å². The van der Waals surface area contributed by atoms with Crippen LogP contribution in [0.15, 0.2) is 6.07 Å². The number of nitrogens with two attached hydrogens (primary N) is 1. The lowest BCUT2D eigenvalue weighted by Gasteiger charge is -2.23. The average Bonchev–Trinajstić information content (AvgIpc) is 2.12. The van der Waals surface area contributed by atoms with Crippen molar-refractivity contribution < 1.29 is 4.74 Å². The molecule has 2 nitrogen and oxygen atoms in total. The van der Waals surface area contributed by atoms with Crippen molar-refractivity contribution in [3.63, 3.8) is 0 Å². The summed E-state index contributed by atoms with van der Waals surface area (Å²) in [6.07, 6.45) is 0.753. The third-order valence-electron chi connectivity index (χ3n) is 2.71. The van der Waals surface area contributed by atoms with Crippen molar-refractivity contribution in [2.24, 2.45) is 5.73 Å². The molecule has 90 valence electrons. The summed E-state index contributed by atoms with van der Waals surface area (Å²) >= 11 is 6.17. The summed E-state index contributed by atoms with van der Waals surface area (Å²) in [7, 11) is 1.64. The fraction of sp³-hybridized carbons (Fsp3) is 0.538. The molecule has 1 aromatic carbocycles. The Hall–Kier alpha value is -0.730. The molecule has 2 N–H and O–H groups in total. The fourth-order valence-electron chi connectivity index (χ4n) is 1.81. The summed E-state index contributed by atoms with van der Waals surface area (Å²) in [5.74, 6) is 0.753. The van der Waals surface area contributed by atoms with E-state index in [1.54, 1.807) is 7.11 Å². The van der Waals surface area contributed by atoms with Crippen LogP contribution in [0.5, 0.6) is 5.75 Å². The van der Waals surface area contributed by atoms with Gasteiger partial charge in [0.2, 0.25) is 0 Å². The molecule has 0 atom stereocenters. The van der Waals surface area contributed by atoms with Crippen LogP contribution in [0, 0.1) is 13.8 Å². The van der Waals surface area contributed by atoms with Gasteiger partial charge in [-0.3, -0.25) is 0 Å². The van der Waals surface area contributed by atoms with E-state index >= 15 is 0 Å². The molecule has 0 spiro atoms. The molecule has 0 saturated heterocycles. The van der Waals surface area contributed by atoms with E-state index in [1.807, 2.05) is 26.8 Å². The quantitative estimate of drug-likeness (QED) is 0.882. The van der Waals surface area contributed by atoms with E-state index < -0.39 is 0 Å². The van der Waals surface area contributed by atoms with Gasteiger partial charge >= 0.3 is 0 Å². The number of hydrogen-bond acceptors (Lipinski definition) is 2. The molecular formula is C13H20ClNO. The molecule has 0 aromatic heterocycles. The zero-order chi connectivity index (χ0) is 12.5. The Morgan fingerprint density at radius 2 is 1.94 bits per heavy atom. The maximum absolute atomic E-state index is 6.17. The van der Waals surface area contributed by atoms with Crippen LogP contribution in [0.3, 0.4) is 0 Å². The minimum absolute atomic E-state index is 0.269. The smallest absolute Gasteiger partial charge is 0.140 e. The third kappa shape index (κ3) is 2.89. The highest BCUT2D eigenvalue weighted by molar-refractivity contribution is 6.32. The second-order valence-corrected chi connectivity index (χ2v) is 5.38. The maximum Gasteiger partial charge on any atom is 0.140 e. The van der Waals surface area contributed by atoms with E-state index in [4.69, 9.17) is 22.1 Å². The largest absolute Gasteiger partial charge is 0.495 e. The molecule has 16 heavy (non-hydrogen) atoms. The highest BCUT2D eigenvalue weighted by atomic mass is 35.5. The number of methoxy groups -OCH3 is 1. The lowest BCUT2D eigenvalue weighted by atomic mass is 9.91. The molecule has 0 saturated carbocycles. The van der Waals surface area contributed by atoms with Gasteiger partial charge in [0.15, 0.2) is 0 Å². The first-order chi connectivity index (χ1) is 7.26. The summed E-state index contributed by atoms with van der Waals surface area (Å²) in [6, 6.07) is 1.93. The van der Waals surface area contributed by atoms with Crippen molar-refractivity contribution in [1.82, 2.24) is 0 Å². The minimum atomic E-state index is -0.269. The highest BCUT2D eigenvalue weighted by Gasteiger charge is 2.20. The summed E-state index contributed by atoms with van der Waals surface area (Å²) in [5.41, 5.74) is 9.28. The molecule has 0 aliphatic rings. The van der Waals surface area contributed by atoms with Crippen LogP contribution in [0.4, 0.5) is 0 Å². The summed E-state index contributed by atoms with van der Waals surface area (Å²) < 4.78 is 5.37. The van der Waals surface area contributed by atoms with Crippen LogP contribution in [0.2, 0.25) is 5.02 Å². The van der Waals surface area contributed by atoms with Crippen LogP contribution in [-0.4, -0.2) is 12.6 Å². The predicted octanol–water partition coefficient (Wildman–Crippen LogP) is 3.25. The number of ether oxygens (including phenoxy) is 1. The highest BCUT2D eigenvalue weighted by Crippen LogP contribution is 2.34. The number of aryl methyl sites for hydroxylation is 1. The van der Waals surface area contributed by atoms with Gasteiger partial charge in [-0.15, -0.1) is 0 Å². The average molecular weight is 242 g/mol. The first kappa shape index (κ1) is 13.3. The molecule has 0 bridgehead atoms. The van der Waals surface area contributed by atoms with Crippen molar-refractivity contribution in [2.75, 3.05) is 7.11 Å². The Labute approximate surface area is 103 Å². The monoisotopic (exact) mass is 241 g/mol. The van der Waals surface area contributed by atoms with E-state index in [1.165, 1.54) is 11.1 Å². The van der Waals surface area contributed by atoms with Crippen molar-refractivity contribution in [3.05, 3.63) is 27.8 Å². The van der Waals surface area contributed by atoms with Crippen molar-refractivity contribution in [2.45, 2.75) is 39.7 Å². The van der Waals surface area contributed by atoms with Crippen LogP contribution in [0.1, 0.15) is 30.5 Å². The topological polar surface area (TPSA) is 35.2 Å². The first-order valence-corrected chi connectivity index (χ1v) is 5.75. The predicted molar refractivity (Wildman–Crippen MR) is 69.4 cm³/mol. The molecule has 1 aromatic rings. The molecule has 3 heteroatoms. The number of rotatable bonds is 3. The van der Waals surface area contributed by atoms with E-state index in [-0.39, 0.29) is 5.54 Å². The summed E-state index contributed by atoms with van der Waals surface area (Å²) in [5, 5.41) is 0.657. The zero-order valence-electron chi connectivity index (χ0n) is 10.6. The lowest BCUT2D eigenvalue weighted by Crippen LogP contribution is -2.34. The number of benzene rings is 1. The first-order valence-electron chi connectivity index (χ1n) is 5.37. The Morgan fingerprint density at radius 3 is 2.38 bits per heavy atom. The molecule has 0 aliphatic carbocycles. The molecule has 0 radical (unpaired) electrons. The second-order valence-electron chi connectivity index (χ2n) is 4.98. The Kier molecular flexibility index (Phi) is 3.87. The van der Waals surface area contributed by atoms with Gasteiger partial charge in [-0.2, -0.15) is 0 Å². The Balaban J connectivity index is 3.33. The number of hydrogen-bond donors (Lipinski definition) is 1. The van der Waals surface area contributed by atoms with Crippen LogP contribution in [0.25, 0.3) is 0 Å². The lowest BCUT2D eigenvalue weighted by molar-refractivity contribution is 0.401. The van der Waals surface area contributed by atoms with Gasteiger partial charge in [0, 0.05) is 11.1 Å². The third-order valence-corrected chi connectivity index (χ3v) is 3.00. The molecule has 1 rings (SSSR count). The molecule has 0 aliphatic heterocycles. The second kappa shape index (κ2) is 4.64. The number of halogens is 1. The van der Waals surface area contributed by atoms with Gasteiger partial charge in [0.1, 0.15) is 5.75 Å². The van der Waals surface area contributed by atoms with Crippen LogP contribution >= 0.6 is 11.6 Å². The van der Waals surface area contributed by atoms with Gasteiger partial charge in [0.25, 0.3) is 0 Å². The van der Waals surface area contributed by atoms with Crippen LogP contribution < -0.4 is 10.5 Å². The van der Waals surface area contributed by atoms with E-state index in [0.29, 0.717) is 5.02 Å². The van der Waals surface area contributed by atoms with E-state index in [0.717, 1.165) is 17.7 Å². The summed E-state index contributed by atoms with van der Waals surface area (Å²) in [4.78, 5) is 0. The SMILES string of the molecule is COc1c(Cl)cc(C)c(C)c1CC(C)(C)N. The maximum atomic E-state index is 6.17. The molecule has 0 fully saturated rings. The molecule has 0 amide bonds. The van der Waals surface area contributed by atoms with Crippen molar-refractivity contribution >= 4 is 11.6 Å². The van der Waals surface area contributed by atoms with Gasteiger partial charge in [-0.05, 0) is 51.3 Å². The normalized spacial score (nSPS) is 11.7. The molecular weight excluding hydrogens is 222 g/mol. The van der Waals surface area contributed by atoms with Gasteiger partial charge < -0.3 is 10.5 Å². The fourth-order valence-corrected chi connectivity index (χ4v) is 2.16. The van der Waals surface area contributed by atoms with E-state index in [2.05, 4.69) is 6.92 Å². The summed E-state index contributed by atoms with van der Waals surface area (Å²) in [6.45, 7) is 8.13. The van der Waals surface area contributed by atoms with Crippen molar-refractivity contribution in [3.8, 4) is 5.75 Å². The standard InChI is InChI=1S/C13H20ClNO/c1-8-6-11(14)12(16-5)10(9(8)2)7-13(3,4)15/h6H,7,15H2,1-5H3. The zero-order valence-corrected chi connectivity index (χ0v) is 11.4. The Bertz CT molecular complexity index is 394. The minimum Gasteiger partial charge on any atom is -0.495 e. The van der Waals surface area contributed by atoms with Crippen molar-refractivity contribution in [1.29, 1.82) is 0 Å². The Morgan fingerprint density at radius 1 is 1.38 bits per heavy atom. The van der Waals surface area contributed by atoms with Gasteiger partial charge in [0.05, 0.1) is 12.1 Å². The molecule has 0 heterocycles. The molecule has 0 unspecified atom stereocenters. The van der Waals surface area contributed by atoms with Gasteiger partial charge in [-0.25, -0.2) is 0 Å².